The number of carbonyl (C=O) groups is 1. The standard InChI is InChI=1S/C17H20N2O2S/c20-9-8-14(12-4-2-1-3-5-12)10-18-17(21)16-15(13-6-7-13)19-11-22-16/h1-5,11,13-14,20H,6-10H2,(H,18,21). The van der Waals surface area contributed by atoms with Crippen LogP contribution in [0.1, 0.15) is 52.0 Å². The molecule has 2 N–H and O–H groups in total. The van der Waals surface area contributed by atoms with Gasteiger partial charge in [-0.25, -0.2) is 4.98 Å². The summed E-state index contributed by atoms with van der Waals surface area (Å²) in [6.45, 7) is 0.648. The molecule has 1 aliphatic rings. The number of carbonyl (C=O) groups excluding carboxylic acids is 1. The number of amides is 1. The predicted molar refractivity (Wildman–Crippen MR) is 87.3 cm³/mol. The van der Waals surface area contributed by atoms with E-state index in [9.17, 15) is 9.90 Å². The van der Waals surface area contributed by atoms with Crippen molar-refractivity contribution in [3.8, 4) is 0 Å². The molecule has 3 rings (SSSR count). The molecule has 22 heavy (non-hydrogen) atoms. The van der Waals surface area contributed by atoms with Gasteiger partial charge in [-0.05, 0) is 24.8 Å². The minimum atomic E-state index is -0.0386. The minimum Gasteiger partial charge on any atom is -0.396 e. The van der Waals surface area contributed by atoms with Crippen LogP contribution >= 0.6 is 11.3 Å². The van der Waals surface area contributed by atoms with Crippen molar-refractivity contribution in [3.63, 3.8) is 0 Å². The normalized spacial score (nSPS) is 15.5. The van der Waals surface area contributed by atoms with E-state index in [-0.39, 0.29) is 18.4 Å². The van der Waals surface area contributed by atoms with Gasteiger partial charge in [0.1, 0.15) is 4.88 Å². The Kier molecular flexibility index (Phi) is 4.85. The Hall–Kier alpha value is -1.72. The predicted octanol–water partition coefficient (Wildman–Crippen LogP) is 2.92. The van der Waals surface area contributed by atoms with E-state index >= 15 is 0 Å². The maximum Gasteiger partial charge on any atom is 0.263 e. The van der Waals surface area contributed by atoms with E-state index in [1.54, 1.807) is 5.51 Å². The van der Waals surface area contributed by atoms with Gasteiger partial charge < -0.3 is 10.4 Å². The third kappa shape index (κ3) is 3.54. The van der Waals surface area contributed by atoms with Gasteiger partial charge in [0, 0.05) is 25.0 Å². The van der Waals surface area contributed by atoms with Crippen molar-refractivity contribution in [2.45, 2.75) is 31.1 Å². The Bertz CT molecular complexity index is 623. The summed E-state index contributed by atoms with van der Waals surface area (Å²) in [4.78, 5) is 17.5. The van der Waals surface area contributed by atoms with Crippen molar-refractivity contribution in [3.05, 3.63) is 52.0 Å². The van der Waals surface area contributed by atoms with E-state index in [2.05, 4.69) is 10.3 Å². The summed E-state index contributed by atoms with van der Waals surface area (Å²) < 4.78 is 0. The van der Waals surface area contributed by atoms with E-state index < -0.39 is 0 Å². The molecule has 0 aliphatic heterocycles. The van der Waals surface area contributed by atoms with E-state index in [4.69, 9.17) is 0 Å². The molecule has 0 radical (unpaired) electrons. The number of rotatable bonds is 7. The lowest BCUT2D eigenvalue weighted by Gasteiger charge is -2.17. The van der Waals surface area contributed by atoms with E-state index in [1.165, 1.54) is 11.3 Å². The van der Waals surface area contributed by atoms with Crippen LogP contribution < -0.4 is 5.32 Å². The fourth-order valence-corrected chi connectivity index (χ4v) is 3.43. The highest BCUT2D eigenvalue weighted by Gasteiger charge is 2.30. The maximum atomic E-state index is 12.4. The zero-order valence-electron chi connectivity index (χ0n) is 12.4. The fraction of sp³-hybridized carbons (Fsp3) is 0.412. The molecule has 1 aromatic heterocycles. The highest BCUT2D eigenvalue weighted by Crippen LogP contribution is 2.41. The number of aromatic nitrogens is 1. The van der Waals surface area contributed by atoms with Crippen molar-refractivity contribution in [1.82, 2.24) is 10.3 Å². The van der Waals surface area contributed by atoms with Crippen LogP contribution in [0.4, 0.5) is 0 Å². The first kappa shape index (κ1) is 15.2. The van der Waals surface area contributed by atoms with Gasteiger partial charge in [0.15, 0.2) is 0 Å². The second-order valence-electron chi connectivity index (χ2n) is 5.67. The third-order valence-electron chi connectivity index (χ3n) is 4.02. The third-order valence-corrected chi connectivity index (χ3v) is 4.86. The van der Waals surface area contributed by atoms with Crippen LogP contribution in [0.25, 0.3) is 0 Å². The smallest absolute Gasteiger partial charge is 0.263 e. The van der Waals surface area contributed by atoms with Gasteiger partial charge in [0.05, 0.1) is 11.2 Å². The van der Waals surface area contributed by atoms with Crippen LogP contribution in [0.2, 0.25) is 0 Å². The van der Waals surface area contributed by atoms with Gasteiger partial charge in [-0.15, -0.1) is 11.3 Å². The van der Waals surface area contributed by atoms with Gasteiger partial charge in [-0.1, -0.05) is 30.3 Å². The average Bonchev–Trinajstić information content (AvgIpc) is 3.28. The van der Waals surface area contributed by atoms with Crippen LogP contribution in [0.3, 0.4) is 0 Å². The number of nitrogens with one attached hydrogen (secondary N) is 1. The Morgan fingerprint density at radius 1 is 1.36 bits per heavy atom. The van der Waals surface area contributed by atoms with Gasteiger partial charge in [-0.2, -0.15) is 0 Å². The second-order valence-corrected chi connectivity index (χ2v) is 6.53. The molecule has 5 heteroatoms. The Morgan fingerprint density at radius 3 is 2.82 bits per heavy atom. The topological polar surface area (TPSA) is 62.2 Å². The molecule has 1 aliphatic carbocycles. The van der Waals surface area contributed by atoms with Gasteiger partial charge in [0.2, 0.25) is 0 Å². The zero-order chi connectivity index (χ0) is 15.4. The molecule has 0 saturated heterocycles. The number of aliphatic hydroxyl groups is 1. The quantitative estimate of drug-likeness (QED) is 0.825. The fourth-order valence-electron chi connectivity index (χ4n) is 2.64. The molecular formula is C17H20N2O2S. The molecule has 1 unspecified atom stereocenters. The van der Waals surface area contributed by atoms with E-state index in [1.807, 2.05) is 30.3 Å². The first-order chi connectivity index (χ1) is 10.8. The molecule has 0 bridgehead atoms. The Morgan fingerprint density at radius 2 is 2.14 bits per heavy atom. The molecule has 1 saturated carbocycles. The molecule has 1 fully saturated rings. The molecule has 1 atom stereocenters. The van der Waals surface area contributed by atoms with E-state index in [0.29, 0.717) is 18.9 Å². The van der Waals surface area contributed by atoms with Gasteiger partial charge in [-0.3, -0.25) is 4.79 Å². The SMILES string of the molecule is O=C(NCC(CCO)c1ccccc1)c1scnc1C1CC1. The second kappa shape index (κ2) is 7.03. The first-order valence-electron chi connectivity index (χ1n) is 7.67. The summed E-state index contributed by atoms with van der Waals surface area (Å²) in [6, 6.07) is 10.0. The summed E-state index contributed by atoms with van der Waals surface area (Å²) in [5.41, 5.74) is 3.86. The highest BCUT2D eigenvalue weighted by atomic mass is 32.1. The summed E-state index contributed by atoms with van der Waals surface area (Å²) in [6.07, 6.45) is 2.92. The Labute approximate surface area is 134 Å². The number of nitrogens with zero attached hydrogens (tertiary/aromatic N) is 1. The molecule has 2 aromatic rings. The van der Waals surface area contributed by atoms with Crippen molar-refractivity contribution in [1.29, 1.82) is 0 Å². The first-order valence-corrected chi connectivity index (χ1v) is 8.55. The molecule has 116 valence electrons. The van der Waals surface area contributed by atoms with Crippen LogP contribution in [0.5, 0.6) is 0 Å². The molecule has 1 aromatic carbocycles. The van der Waals surface area contributed by atoms with Crippen LogP contribution in [-0.2, 0) is 0 Å². The van der Waals surface area contributed by atoms with Crippen molar-refractivity contribution in [2.24, 2.45) is 0 Å². The number of thiazole rings is 1. The average molecular weight is 316 g/mol. The lowest BCUT2D eigenvalue weighted by molar-refractivity contribution is 0.0952. The van der Waals surface area contributed by atoms with E-state index in [0.717, 1.165) is 29.0 Å². The number of hydrogen-bond acceptors (Lipinski definition) is 4. The van der Waals surface area contributed by atoms with Gasteiger partial charge in [0.25, 0.3) is 5.91 Å². The summed E-state index contributed by atoms with van der Waals surface area (Å²) >= 11 is 1.41. The molecule has 1 heterocycles. The summed E-state index contributed by atoms with van der Waals surface area (Å²) in [7, 11) is 0. The monoisotopic (exact) mass is 316 g/mol. The Balaban J connectivity index is 1.64. The summed E-state index contributed by atoms with van der Waals surface area (Å²) in [5.74, 6) is 0.574. The molecule has 0 spiro atoms. The summed E-state index contributed by atoms with van der Waals surface area (Å²) in [5, 5.41) is 12.3. The molecule has 1 amide bonds. The van der Waals surface area contributed by atoms with Crippen molar-refractivity contribution >= 4 is 17.2 Å². The highest BCUT2D eigenvalue weighted by molar-refractivity contribution is 7.11. The van der Waals surface area contributed by atoms with Crippen LogP contribution in [-0.4, -0.2) is 29.1 Å². The number of benzene rings is 1. The van der Waals surface area contributed by atoms with Crippen LogP contribution in [0.15, 0.2) is 35.8 Å². The molecule has 4 nitrogen and oxygen atoms in total. The number of aliphatic hydroxyl groups excluding tert-OH is 1. The van der Waals surface area contributed by atoms with Crippen molar-refractivity contribution < 1.29 is 9.90 Å². The van der Waals surface area contributed by atoms with Crippen LogP contribution in [0, 0.1) is 0 Å². The number of hydrogen-bond donors (Lipinski definition) is 2. The molecular weight excluding hydrogens is 296 g/mol. The van der Waals surface area contributed by atoms with Crippen molar-refractivity contribution in [2.75, 3.05) is 13.2 Å². The minimum absolute atomic E-state index is 0.0386. The van der Waals surface area contributed by atoms with Gasteiger partial charge >= 0.3 is 0 Å². The lowest BCUT2D eigenvalue weighted by Crippen LogP contribution is -2.29. The largest absolute Gasteiger partial charge is 0.396 e. The maximum absolute atomic E-state index is 12.4. The lowest BCUT2D eigenvalue weighted by atomic mass is 9.96. The zero-order valence-corrected chi connectivity index (χ0v) is 13.2.